The fourth-order valence-corrected chi connectivity index (χ4v) is 3.08. The van der Waals surface area contributed by atoms with Crippen LogP contribution in [0.5, 0.6) is 0 Å². The van der Waals surface area contributed by atoms with Gasteiger partial charge in [0.2, 0.25) is 0 Å². The third-order valence-corrected chi connectivity index (χ3v) is 4.21. The number of rotatable bonds is 6. The number of benzene rings is 1. The molecule has 0 bridgehead atoms. The Balaban J connectivity index is 2.59. The molecular weight excluding hydrogens is 412 g/mol. The molecule has 27 heavy (non-hydrogen) atoms. The van der Waals surface area contributed by atoms with E-state index < -0.39 is 5.97 Å². The van der Waals surface area contributed by atoms with Crippen LogP contribution in [0.3, 0.4) is 0 Å². The van der Waals surface area contributed by atoms with Crippen molar-refractivity contribution in [2.45, 2.75) is 33.8 Å². The molecule has 6 nitrogen and oxygen atoms in total. The molecule has 1 N–H and O–H groups in total. The van der Waals surface area contributed by atoms with E-state index in [0.29, 0.717) is 33.7 Å². The summed E-state index contributed by atoms with van der Waals surface area (Å²) in [5.41, 5.74) is 3.70. The minimum absolute atomic E-state index is 0.188. The highest BCUT2D eigenvalue weighted by Crippen LogP contribution is 2.34. The number of aromatic nitrogens is 1. The van der Waals surface area contributed by atoms with Crippen LogP contribution < -0.4 is 5.32 Å². The van der Waals surface area contributed by atoms with Crippen LogP contribution >= 0.6 is 15.9 Å². The minimum atomic E-state index is -0.454. The van der Waals surface area contributed by atoms with Gasteiger partial charge in [-0.1, -0.05) is 6.07 Å². The van der Waals surface area contributed by atoms with Gasteiger partial charge >= 0.3 is 11.9 Å². The zero-order valence-electron chi connectivity index (χ0n) is 16.1. The van der Waals surface area contributed by atoms with Gasteiger partial charge in [-0.3, -0.25) is 0 Å². The Morgan fingerprint density at radius 2 is 1.93 bits per heavy atom. The maximum Gasteiger partial charge on any atom is 0.340 e. The molecule has 144 valence electrons. The summed E-state index contributed by atoms with van der Waals surface area (Å²) < 4.78 is 10.7. The number of ether oxygens (including phenoxy) is 2. The van der Waals surface area contributed by atoms with Gasteiger partial charge in [-0.15, -0.1) is 0 Å². The smallest absolute Gasteiger partial charge is 0.340 e. The van der Waals surface area contributed by atoms with Gasteiger partial charge in [-0.25, -0.2) is 14.6 Å². The molecule has 2 rings (SSSR count). The Morgan fingerprint density at radius 3 is 2.48 bits per heavy atom. The lowest BCUT2D eigenvalue weighted by molar-refractivity contribution is 0.0377. The minimum Gasteiger partial charge on any atom is -0.465 e. The predicted molar refractivity (Wildman–Crippen MR) is 108 cm³/mol. The summed E-state index contributed by atoms with van der Waals surface area (Å²) in [6.07, 6.45) is -0.188. The quantitative estimate of drug-likeness (QED) is 0.528. The first-order valence-corrected chi connectivity index (χ1v) is 9.42. The molecule has 0 unspecified atom stereocenters. The average Bonchev–Trinajstić information content (AvgIpc) is 2.61. The van der Waals surface area contributed by atoms with Crippen molar-refractivity contribution in [1.29, 1.82) is 0 Å². The van der Waals surface area contributed by atoms with E-state index in [0.717, 1.165) is 11.1 Å². The molecule has 0 fully saturated rings. The first-order chi connectivity index (χ1) is 12.8. The highest BCUT2D eigenvalue weighted by molar-refractivity contribution is 9.10. The largest absolute Gasteiger partial charge is 0.465 e. The van der Waals surface area contributed by atoms with Crippen molar-refractivity contribution in [3.05, 3.63) is 45.6 Å². The Kier molecular flexibility index (Phi) is 6.96. The molecule has 1 heterocycles. The number of nitrogens with one attached hydrogen (secondary N) is 1. The van der Waals surface area contributed by atoms with Crippen molar-refractivity contribution in [3.8, 4) is 11.3 Å². The molecule has 0 atom stereocenters. The van der Waals surface area contributed by atoms with Crippen molar-refractivity contribution in [2.24, 2.45) is 0 Å². The Hall–Kier alpha value is -2.41. The summed E-state index contributed by atoms with van der Waals surface area (Å²) in [6.45, 7) is 8.05. The Bertz CT molecular complexity index is 865. The molecule has 0 amide bonds. The normalized spacial score (nSPS) is 10.6. The molecular formula is C20H23BrN2O4. The van der Waals surface area contributed by atoms with Crippen molar-refractivity contribution < 1.29 is 19.1 Å². The summed E-state index contributed by atoms with van der Waals surface area (Å²) in [5.74, 6) is -0.825. The number of hydrogen-bond acceptors (Lipinski definition) is 6. The fourth-order valence-electron chi connectivity index (χ4n) is 2.67. The second-order valence-electron chi connectivity index (χ2n) is 6.22. The number of methoxy groups -OCH3 is 1. The van der Waals surface area contributed by atoms with Crippen LogP contribution in [0.1, 0.15) is 47.1 Å². The van der Waals surface area contributed by atoms with Gasteiger partial charge in [-0.05, 0) is 67.4 Å². The number of anilines is 1. The first kappa shape index (κ1) is 20.9. The SMILES string of the molecule is CCNc1c(C(=O)OC)cc(Br)nc1-c1ccc(C(=O)OC(C)C)cc1C. The average molecular weight is 435 g/mol. The van der Waals surface area contributed by atoms with Gasteiger partial charge in [0.15, 0.2) is 0 Å². The van der Waals surface area contributed by atoms with E-state index in [4.69, 9.17) is 9.47 Å². The van der Waals surface area contributed by atoms with Crippen LogP contribution in [0, 0.1) is 6.92 Å². The second-order valence-corrected chi connectivity index (χ2v) is 7.03. The Labute approximate surface area is 167 Å². The van der Waals surface area contributed by atoms with Crippen LogP contribution in [0.4, 0.5) is 5.69 Å². The van der Waals surface area contributed by atoms with E-state index in [1.165, 1.54) is 7.11 Å². The van der Waals surface area contributed by atoms with Crippen LogP contribution in [-0.2, 0) is 9.47 Å². The van der Waals surface area contributed by atoms with Gasteiger partial charge in [0.1, 0.15) is 4.60 Å². The predicted octanol–water partition coefficient (Wildman–Crippen LogP) is 4.60. The second kappa shape index (κ2) is 8.99. The topological polar surface area (TPSA) is 77.5 Å². The number of carbonyl (C=O) groups excluding carboxylic acids is 2. The van der Waals surface area contributed by atoms with Crippen molar-refractivity contribution in [1.82, 2.24) is 4.98 Å². The molecule has 0 saturated carbocycles. The fraction of sp³-hybridized carbons (Fsp3) is 0.350. The first-order valence-electron chi connectivity index (χ1n) is 8.63. The maximum atomic E-state index is 12.2. The van der Waals surface area contributed by atoms with E-state index in [2.05, 4.69) is 26.2 Å². The molecule has 1 aromatic heterocycles. The van der Waals surface area contributed by atoms with E-state index in [1.54, 1.807) is 18.2 Å². The molecule has 2 aromatic rings. The number of carbonyl (C=O) groups is 2. The molecule has 0 aliphatic carbocycles. The standard InChI is InChI=1S/C20H23BrN2O4/c1-6-22-17-15(20(25)26-5)10-16(21)23-18(17)14-8-7-13(9-12(14)4)19(24)27-11(2)3/h7-11,22H,6H2,1-5H3. The molecule has 7 heteroatoms. The van der Waals surface area contributed by atoms with Crippen molar-refractivity contribution in [3.63, 3.8) is 0 Å². The van der Waals surface area contributed by atoms with Crippen LogP contribution in [0.2, 0.25) is 0 Å². The lowest BCUT2D eigenvalue weighted by atomic mass is 9.99. The maximum absolute atomic E-state index is 12.2. The molecule has 0 radical (unpaired) electrons. The zero-order chi connectivity index (χ0) is 20.1. The number of aryl methyl sites for hydroxylation is 1. The van der Waals surface area contributed by atoms with Gasteiger partial charge in [0, 0.05) is 12.1 Å². The van der Waals surface area contributed by atoms with Gasteiger partial charge in [-0.2, -0.15) is 0 Å². The van der Waals surface area contributed by atoms with Gasteiger partial charge in [0.25, 0.3) is 0 Å². The van der Waals surface area contributed by atoms with E-state index >= 15 is 0 Å². The van der Waals surface area contributed by atoms with Gasteiger partial charge in [0.05, 0.1) is 35.7 Å². The summed E-state index contributed by atoms with van der Waals surface area (Å²) in [6, 6.07) is 6.89. The number of halogens is 1. The zero-order valence-corrected chi connectivity index (χ0v) is 17.6. The molecule has 0 saturated heterocycles. The van der Waals surface area contributed by atoms with Crippen LogP contribution in [0.25, 0.3) is 11.3 Å². The van der Waals surface area contributed by atoms with Crippen LogP contribution in [-0.4, -0.2) is 36.7 Å². The number of hydrogen-bond donors (Lipinski definition) is 1. The van der Waals surface area contributed by atoms with Crippen molar-refractivity contribution >= 4 is 33.6 Å². The number of esters is 2. The summed E-state index contributed by atoms with van der Waals surface area (Å²) >= 11 is 3.36. The van der Waals surface area contributed by atoms with E-state index in [-0.39, 0.29) is 12.1 Å². The number of nitrogens with zero attached hydrogens (tertiary/aromatic N) is 1. The van der Waals surface area contributed by atoms with Gasteiger partial charge < -0.3 is 14.8 Å². The summed E-state index contributed by atoms with van der Waals surface area (Å²) in [4.78, 5) is 28.9. The van der Waals surface area contributed by atoms with E-state index in [9.17, 15) is 9.59 Å². The van der Waals surface area contributed by atoms with Crippen LogP contribution in [0.15, 0.2) is 28.9 Å². The molecule has 0 aliphatic heterocycles. The summed E-state index contributed by atoms with van der Waals surface area (Å²) in [7, 11) is 1.34. The molecule has 0 spiro atoms. The highest BCUT2D eigenvalue weighted by atomic mass is 79.9. The van der Waals surface area contributed by atoms with E-state index in [1.807, 2.05) is 33.8 Å². The lowest BCUT2D eigenvalue weighted by Gasteiger charge is -2.17. The lowest BCUT2D eigenvalue weighted by Crippen LogP contribution is -2.12. The highest BCUT2D eigenvalue weighted by Gasteiger charge is 2.21. The molecule has 1 aromatic carbocycles. The monoisotopic (exact) mass is 434 g/mol. The molecule has 0 aliphatic rings. The Morgan fingerprint density at radius 1 is 1.22 bits per heavy atom. The third kappa shape index (κ3) is 4.86. The van der Waals surface area contributed by atoms with Crippen molar-refractivity contribution in [2.75, 3.05) is 19.0 Å². The third-order valence-electron chi connectivity index (χ3n) is 3.81. The number of pyridine rings is 1. The summed E-state index contributed by atoms with van der Waals surface area (Å²) in [5, 5.41) is 3.20.